The van der Waals surface area contributed by atoms with Gasteiger partial charge in [0.2, 0.25) is 10.0 Å². The molecule has 7 nitrogen and oxygen atoms in total. The van der Waals surface area contributed by atoms with Gasteiger partial charge >= 0.3 is 6.09 Å². The van der Waals surface area contributed by atoms with E-state index in [4.69, 9.17) is 9.47 Å². The number of sulfonamides is 1. The van der Waals surface area contributed by atoms with Crippen molar-refractivity contribution in [1.29, 1.82) is 0 Å². The Morgan fingerprint density at radius 3 is 2.41 bits per heavy atom. The van der Waals surface area contributed by atoms with Crippen LogP contribution in [0.5, 0.6) is 5.75 Å². The summed E-state index contributed by atoms with van der Waals surface area (Å²) in [5.74, 6) is 0.308. The van der Waals surface area contributed by atoms with Crippen LogP contribution in [-0.2, 0) is 27.6 Å². The lowest BCUT2D eigenvalue weighted by atomic mass is 10.0. The maximum atomic E-state index is 13.2. The van der Waals surface area contributed by atoms with Crippen LogP contribution in [-0.4, -0.2) is 37.8 Å². The summed E-state index contributed by atoms with van der Waals surface area (Å²) >= 11 is 0. The molecule has 8 heteroatoms. The highest BCUT2D eigenvalue weighted by atomic mass is 32.2. The minimum Gasteiger partial charge on any atom is -0.495 e. The summed E-state index contributed by atoms with van der Waals surface area (Å²) < 4.78 is 41.6. The van der Waals surface area contributed by atoms with Crippen LogP contribution >= 0.6 is 0 Å². The number of hydrogen-bond donors (Lipinski definition) is 1. The molecule has 0 radical (unpaired) electrons. The first-order valence-electron chi connectivity index (χ1n) is 12.2. The Balaban J connectivity index is 1.45. The predicted octanol–water partition coefficient (Wildman–Crippen LogP) is 5.55. The fraction of sp³-hybridized carbons (Fsp3) is 0.276. The van der Waals surface area contributed by atoms with E-state index in [1.54, 1.807) is 22.8 Å². The van der Waals surface area contributed by atoms with Gasteiger partial charge in [-0.1, -0.05) is 42.5 Å². The molecule has 3 aromatic carbocycles. The van der Waals surface area contributed by atoms with Crippen molar-refractivity contribution in [3.8, 4) is 17.0 Å². The van der Waals surface area contributed by atoms with Crippen LogP contribution < -0.4 is 9.46 Å². The molecule has 0 bridgehead atoms. The van der Waals surface area contributed by atoms with Crippen LogP contribution in [0, 0.1) is 0 Å². The standard InChI is InChI=1S/C29H30N2O5S/c1-29(2,3)36-28(32)31-24-10-6-5-9-20(24)18-25(31)21-14-13-19-16-23(17-22(19)15-21)30-37(33,34)27-12-8-7-11-26(27)35-4/h5-15,18,23,30H,16-17H2,1-4H3. The van der Waals surface area contributed by atoms with Gasteiger partial charge in [-0.3, -0.25) is 0 Å². The third kappa shape index (κ3) is 4.99. The van der Waals surface area contributed by atoms with Crippen molar-refractivity contribution in [1.82, 2.24) is 9.29 Å². The Morgan fingerprint density at radius 2 is 1.65 bits per heavy atom. The smallest absolute Gasteiger partial charge is 0.419 e. The van der Waals surface area contributed by atoms with Crippen molar-refractivity contribution < 1.29 is 22.7 Å². The normalized spacial score (nSPS) is 15.5. The van der Waals surface area contributed by atoms with E-state index in [0.29, 0.717) is 18.6 Å². The molecule has 1 aromatic heterocycles. The first kappa shape index (κ1) is 25.0. The second-order valence-corrected chi connectivity index (χ2v) is 11.9. The van der Waals surface area contributed by atoms with E-state index < -0.39 is 21.7 Å². The molecule has 4 aromatic rings. The summed E-state index contributed by atoms with van der Waals surface area (Å²) in [6.07, 6.45) is 0.690. The number of nitrogens with one attached hydrogen (secondary N) is 1. The molecule has 5 rings (SSSR count). The Kier molecular flexibility index (Phi) is 6.33. The number of para-hydroxylation sites is 2. The summed E-state index contributed by atoms with van der Waals surface area (Å²) in [4.78, 5) is 13.3. The highest BCUT2D eigenvalue weighted by molar-refractivity contribution is 7.89. The number of methoxy groups -OCH3 is 1. The lowest BCUT2D eigenvalue weighted by Gasteiger charge is -2.21. The van der Waals surface area contributed by atoms with E-state index in [1.807, 2.05) is 69.3 Å². The molecule has 1 unspecified atom stereocenters. The molecule has 1 atom stereocenters. The molecule has 0 saturated heterocycles. The fourth-order valence-electron chi connectivity index (χ4n) is 4.86. The van der Waals surface area contributed by atoms with Gasteiger partial charge < -0.3 is 9.47 Å². The molecular weight excluding hydrogens is 488 g/mol. The molecule has 1 N–H and O–H groups in total. The largest absolute Gasteiger partial charge is 0.495 e. The van der Waals surface area contributed by atoms with Crippen LogP contribution in [0.25, 0.3) is 22.2 Å². The molecule has 0 amide bonds. The molecule has 0 saturated carbocycles. The minimum absolute atomic E-state index is 0.121. The van der Waals surface area contributed by atoms with Crippen molar-refractivity contribution in [3.63, 3.8) is 0 Å². The van der Waals surface area contributed by atoms with E-state index in [2.05, 4.69) is 4.72 Å². The highest BCUT2D eigenvalue weighted by Gasteiger charge is 2.29. The number of rotatable bonds is 5. The summed E-state index contributed by atoms with van der Waals surface area (Å²) in [6, 6.07) is 22.0. The first-order valence-corrected chi connectivity index (χ1v) is 13.7. The summed E-state index contributed by atoms with van der Waals surface area (Å²) in [5, 5.41) is 0.936. The first-order chi connectivity index (χ1) is 17.6. The van der Waals surface area contributed by atoms with Crippen molar-refractivity contribution in [2.75, 3.05) is 7.11 Å². The van der Waals surface area contributed by atoms with E-state index in [1.165, 1.54) is 13.2 Å². The number of nitrogens with zero attached hydrogens (tertiary/aromatic N) is 1. The number of ether oxygens (including phenoxy) is 2. The molecule has 1 aliphatic carbocycles. The molecule has 1 aliphatic rings. The van der Waals surface area contributed by atoms with Crippen LogP contribution in [0.2, 0.25) is 0 Å². The minimum atomic E-state index is -3.76. The summed E-state index contributed by atoms with van der Waals surface area (Å²) in [5.41, 5.74) is 3.87. The monoisotopic (exact) mass is 518 g/mol. The number of benzene rings is 3. The van der Waals surface area contributed by atoms with Gasteiger partial charge in [-0.2, -0.15) is 0 Å². The van der Waals surface area contributed by atoms with Crippen LogP contribution in [0.3, 0.4) is 0 Å². The second kappa shape index (κ2) is 9.36. The summed E-state index contributed by atoms with van der Waals surface area (Å²) in [6.45, 7) is 5.54. The van der Waals surface area contributed by atoms with Gasteiger partial charge in [0.05, 0.1) is 18.3 Å². The third-order valence-corrected chi connectivity index (χ3v) is 7.96. The Morgan fingerprint density at radius 1 is 0.946 bits per heavy atom. The SMILES string of the molecule is COc1ccccc1S(=O)(=O)NC1Cc2ccc(-c3cc4ccccc4n3C(=O)OC(C)(C)C)cc2C1. The third-order valence-electron chi connectivity index (χ3n) is 6.40. The molecule has 0 fully saturated rings. The van der Waals surface area contributed by atoms with Crippen molar-refractivity contribution in [2.24, 2.45) is 0 Å². The zero-order chi connectivity index (χ0) is 26.4. The topological polar surface area (TPSA) is 86.6 Å². The van der Waals surface area contributed by atoms with E-state index in [-0.39, 0.29) is 10.9 Å². The molecule has 1 heterocycles. The quantitative estimate of drug-likeness (QED) is 0.375. The number of carbonyl (C=O) groups is 1. The van der Waals surface area contributed by atoms with E-state index in [0.717, 1.165) is 33.3 Å². The number of carbonyl (C=O) groups excluding carboxylic acids is 1. The molecule has 0 spiro atoms. The number of aromatic nitrogens is 1. The van der Waals surface area contributed by atoms with E-state index in [9.17, 15) is 13.2 Å². The van der Waals surface area contributed by atoms with Gasteiger partial charge in [0.1, 0.15) is 16.2 Å². The molecular formula is C29H30N2O5S. The Bertz CT molecular complexity index is 1600. The van der Waals surface area contributed by atoms with Gasteiger partial charge in [-0.15, -0.1) is 0 Å². The van der Waals surface area contributed by atoms with Gasteiger partial charge in [-0.25, -0.2) is 22.5 Å². The van der Waals surface area contributed by atoms with Crippen LogP contribution in [0.4, 0.5) is 4.79 Å². The Labute approximate surface area is 217 Å². The maximum Gasteiger partial charge on any atom is 0.419 e. The lowest BCUT2D eigenvalue weighted by Crippen LogP contribution is -2.35. The van der Waals surface area contributed by atoms with Crippen LogP contribution in [0.15, 0.2) is 77.7 Å². The van der Waals surface area contributed by atoms with Gasteiger partial charge in [0, 0.05) is 11.4 Å². The van der Waals surface area contributed by atoms with E-state index >= 15 is 0 Å². The van der Waals surface area contributed by atoms with Gasteiger partial charge in [-0.05, 0) is 80.6 Å². The maximum absolute atomic E-state index is 13.2. The second-order valence-electron chi connectivity index (χ2n) is 10.3. The number of fused-ring (bicyclic) bond motifs is 2. The predicted molar refractivity (Wildman–Crippen MR) is 144 cm³/mol. The fourth-order valence-corrected chi connectivity index (χ4v) is 6.26. The van der Waals surface area contributed by atoms with Crippen molar-refractivity contribution >= 4 is 27.0 Å². The average Bonchev–Trinajstić information content (AvgIpc) is 3.42. The molecule has 0 aliphatic heterocycles. The number of hydrogen-bond acceptors (Lipinski definition) is 5. The zero-order valence-corrected chi connectivity index (χ0v) is 22.1. The Hall–Kier alpha value is -3.62. The van der Waals surface area contributed by atoms with Crippen LogP contribution in [0.1, 0.15) is 31.9 Å². The zero-order valence-electron chi connectivity index (χ0n) is 21.3. The van der Waals surface area contributed by atoms with Crippen molar-refractivity contribution in [2.45, 2.75) is 50.2 Å². The highest BCUT2D eigenvalue weighted by Crippen LogP contribution is 2.33. The van der Waals surface area contributed by atoms with Crippen molar-refractivity contribution in [3.05, 3.63) is 83.9 Å². The van der Waals surface area contributed by atoms with Gasteiger partial charge in [0.25, 0.3) is 0 Å². The van der Waals surface area contributed by atoms with Gasteiger partial charge in [0.15, 0.2) is 0 Å². The lowest BCUT2D eigenvalue weighted by molar-refractivity contribution is 0.0547. The molecule has 37 heavy (non-hydrogen) atoms. The molecule has 192 valence electrons. The summed E-state index contributed by atoms with van der Waals surface area (Å²) in [7, 11) is -2.30. The average molecular weight is 519 g/mol.